The van der Waals surface area contributed by atoms with Crippen LogP contribution in [0, 0.1) is 17.5 Å². The Morgan fingerprint density at radius 3 is 2.31 bits per heavy atom. The maximum absolute atomic E-state index is 13.7. The molecule has 0 spiro atoms. The number of ether oxygens (including phenoxy) is 1. The van der Waals surface area contributed by atoms with Crippen LogP contribution in [0.4, 0.5) is 13.2 Å². The minimum Gasteiger partial charge on any atom is -0.484 e. The monoisotopic (exact) mass is 424 g/mol. The molecule has 0 radical (unpaired) electrons. The summed E-state index contributed by atoms with van der Waals surface area (Å²) in [6.45, 7) is -0.289. The quantitative estimate of drug-likeness (QED) is 0.747. The third-order valence-electron chi connectivity index (χ3n) is 5.25. The maximum Gasteiger partial charge on any atom is 0.258 e. The van der Waals surface area contributed by atoms with Gasteiger partial charge in [-0.2, -0.15) is 0 Å². The summed E-state index contributed by atoms with van der Waals surface area (Å²) >= 11 is 5.59. The number of hydrogen-bond donors (Lipinski definition) is 2. The number of benzene rings is 2. The van der Waals surface area contributed by atoms with E-state index >= 15 is 0 Å². The standard InChI is InChI=1S/C20H16ClF3N2O3/c21-14-4-2-12(6-16(14)24)29-7-17(27)25-19-8-20(9-19,10-19)26-18(28)13-3-1-11(22)5-15(13)23/h1-6H,7-10H2,(H,25,27)(H,26,28). The van der Waals surface area contributed by atoms with Gasteiger partial charge in [0.05, 0.1) is 10.6 Å². The van der Waals surface area contributed by atoms with E-state index in [4.69, 9.17) is 16.3 Å². The first-order chi connectivity index (χ1) is 13.7. The molecule has 0 saturated heterocycles. The fraction of sp³-hybridized carbons (Fsp3) is 0.300. The third-order valence-corrected chi connectivity index (χ3v) is 5.56. The predicted molar refractivity (Wildman–Crippen MR) is 98.2 cm³/mol. The van der Waals surface area contributed by atoms with Crippen molar-refractivity contribution in [3.8, 4) is 5.75 Å². The van der Waals surface area contributed by atoms with Crippen molar-refractivity contribution in [3.05, 3.63) is 64.4 Å². The molecule has 2 N–H and O–H groups in total. The molecule has 5 rings (SSSR count). The van der Waals surface area contributed by atoms with Crippen molar-refractivity contribution >= 4 is 23.4 Å². The average Bonchev–Trinajstić information content (AvgIpc) is 2.59. The van der Waals surface area contributed by atoms with E-state index < -0.39 is 34.4 Å². The lowest BCUT2D eigenvalue weighted by atomic mass is 9.44. The van der Waals surface area contributed by atoms with E-state index in [0.717, 1.165) is 18.2 Å². The third kappa shape index (κ3) is 3.76. The lowest BCUT2D eigenvalue weighted by molar-refractivity contribution is -0.141. The molecule has 3 saturated carbocycles. The van der Waals surface area contributed by atoms with Gasteiger partial charge in [0.25, 0.3) is 11.8 Å². The lowest BCUT2D eigenvalue weighted by Crippen LogP contribution is -2.84. The van der Waals surface area contributed by atoms with Gasteiger partial charge in [-0.15, -0.1) is 0 Å². The Kier molecular flexibility index (Phi) is 4.69. The molecule has 9 heteroatoms. The lowest BCUT2D eigenvalue weighted by Gasteiger charge is -2.70. The Bertz CT molecular complexity index is 995. The summed E-state index contributed by atoms with van der Waals surface area (Å²) in [6.07, 6.45) is 1.53. The second kappa shape index (κ2) is 6.95. The van der Waals surface area contributed by atoms with Crippen LogP contribution in [0.1, 0.15) is 29.6 Å². The van der Waals surface area contributed by atoms with Crippen LogP contribution in [0.15, 0.2) is 36.4 Å². The minimum absolute atomic E-state index is 0.0384. The highest BCUT2D eigenvalue weighted by Gasteiger charge is 2.69. The summed E-state index contributed by atoms with van der Waals surface area (Å²) < 4.78 is 45.3. The molecule has 2 bridgehead atoms. The van der Waals surface area contributed by atoms with Crippen molar-refractivity contribution in [2.45, 2.75) is 30.3 Å². The van der Waals surface area contributed by atoms with Gasteiger partial charge in [0, 0.05) is 23.2 Å². The van der Waals surface area contributed by atoms with Crippen LogP contribution in [-0.4, -0.2) is 29.5 Å². The Morgan fingerprint density at radius 2 is 1.66 bits per heavy atom. The number of carbonyl (C=O) groups is 2. The van der Waals surface area contributed by atoms with Crippen LogP contribution in [0.5, 0.6) is 5.75 Å². The first-order valence-electron chi connectivity index (χ1n) is 8.86. The van der Waals surface area contributed by atoms with Crippen LogP contribution in [0.25, 0.3) is 0 Å². The van der Waals surface area contributed by atoms with Crippen LogP contribution in [0.2, 0.25) is 5.02 Å². The molecule has 0 aliphatic heterocycles. The van der Waals surface area contributed by atoms with Crippen LogP contribution < -0.4 is 15.4 Å². The first-order valence-corrected chi connectivity index (χ1v) is 9.24. The molecule has 5 nitrogen and oxygen atoms in total. The second-order valence-electron chi connectivity index (χ2n) is 7.58. The molecule has 0 unspecified atom stereocenters. The van der Waals surface area contributed by atoms with E-state index in [2.05, 4.69) is 10.6 Å². The minimum atomic E-state index is -0.923. The van der Waals surface area contributed by atoms with Crippen molar-refractivity contribution in [1.29, 1.82) is 0 Å². The van der Waals surface area contributed by atoms with E-state index in [1.165, 1.54) is 12.1 Å². The molecule has 0 aromatic heterocycles. The summed E-state index contributed by atoms with van der Waals surface area (Å²) in [4.78, 5) is 24.3. The van der Waals surface area contributed by atoms with Gasteiger partial charge in [-0.25, -0.2) is 13.2 Å². The Labute approximate surface area is 169 Å². The van der Waals surface area contributed by atoms with E-state index in [-0.39, 0.29) is 28.8 Å². The van der Waals surface area contributed by atoms with Gasteiger partial charge in [-0.1, -0.05) is 11.6 Å². The van der Waals surface area contributed by atoms with Crippen molar-refractivity contribution < 1.29 is 27.5 Å². The molecule has 2 aromatic carbocycles. The van der Waals surface area contributed by atoms with Crippen molar-refractivity contribution in [2.24, 2.45) is 0 Å². The van der Waals surface area contributed by atoms with Crippen LogP contribution in [0.3, 0.4) is 0 Å². The van der Waals surface area contributed by atoms with Gasteiger partial charge >= 0.3 is 0 Å². The maximum atomic E-state index is 13.7. The van der Waals surface area contributed by atoms with Gasteiger partial charge in [0.2, 0.25) is 0 Å². The van der Waals surface area contributed by atoms with Crippen molar-refractivity contribution in [3.63, 3.8) is 0 Å². The Morgan fingerprint density at radius 1 is 0.966 bits per heavy atom. The van der Waals surface area contributed by atoms with E-state index in [9.17, 15) is 22.8 Å². The highest BCUT2D eigenvalue weighted by molar-refractivity contribution is 6.30. The zero-order chi connectivity index (χ0) is 20.8. The van der Waals surface area contributed by atoms with Gasteiger partial charge in [-0.05, 0) is 43.5 Å². The molecule has 152 valence electrons. The Hall–Kier alpha value is -2.74. The molecule has 3 fully saturated rings. The van der Waals surface area contributed by atoms with Gasteiger partial charge in [0.1, 0.15) is 23.2 Å². The van der Waals surface area contributed by atoms with Gasteiger partial charge in [0.15, 0.2) is 6.61 Å². The average molecular weight is 425 g/mol. The van der Waals surface area contributed by atoms with Crippen LogP contribution >= 0.6 is 11.6 Å². The van der Waals surface area contributed by atoms with E-state index in [1.807, 2.05) is 0 Å². The largest absolute Gasteiger partial charge is 0.484 e. The summed E-state index contributed by atoms with van der Waals surface area (Å²) in [6, 6.07) is 6.66. The van der Waals surface area contributed by atoms with E-state index in [0.29, 0.717) is 25.3 Å². The van der Waals surface area contributed by atoms with Gasteiger partial charge < -0.3 is 15.4 Å². The normalized spacial score (nSPS) is 24.1. The molecule has 0 atom stereocenters. The molecular weight excluding hydrogens is 409 g/mol. The summed E-state index contributed by atoms with van der Waals surface area (Å²) in [5.74, 6) is -3.12. The van der Waals surface area contributed by atoms with Crippen molar-refractivity contribution in [1.82, 2.24) is 10.6 Å². The summed E-state index contributed by atoms with van der Waals surface area (Å²) in [5, 5.41) is 5.58. The van der Waals surface area contributed by atoms with E-state index in [1.54, 1.807) is 0 Å². The molecule has 2 aromatic rings. The summed E-state index contributed by atoms with van der Waals surface area (Å²) in [7, 11) is 0. The molecule has 2 amide bonds. The van der Waals surface area contributed by atoms with Gasteiger partial charge in [-0.3, -0.25) is 9.59 Å². The smallest absolute Gasteiger partial charge is 0.258 e. The number of amides is 2. The molecule has 3 aliphatic rings. The first kappa shape index (κ1) is 19.6. The van der Waals surface area contributed by atoms with Crippen molar-refractivity contribution in [2.75, 3.05) is 6.61 Å². The Balaban J connectivity index is 1.26. The number of rotatable bonds is 6. The number of halogens is 4. The SMILES string of the molecule is O=C(COc1ccc(Cl)c(F)c1)NC12CC(NC(=O)c3ccc(F)cc3F)(C1)C2. The molecule has 3 aliphatic carbocycles. The number of nitrogens with one attached hydrogen (secondary N) is 2. The predicted octanol–water partition coefficient (Wildman–Crippen LogP) is 3.36. The highest BCUT2D eigenvalue weighted by atomic mass is 35.5. The summed E-state index contributed by atoms with van der Waals surface area (Å²) in [5.41, 5.74) is -1.15. The van der Waals surface area contributed by atoms with Crippen LogP contribution in [-0.2, 0) is 4.79 Å². The zero-order valence-corrected chi connectivity index (χ0v) is 15.8. The zero-order valence-electron chi connectivity index (χ0n) is 15.0. The topological polar surface area (TPSA) is 67.4 Å². The number of hydrogen-bond acceptors (Lipinski definition) is 3. The molecular formula is C20H16ClF3N2O3. The number of carbonyl (C=O) groups excluding carboxylic acids is 2. The fourth-order valence-corrected chi connectivity index (χ4v) is 4.20. The molecule has 29 heavy (non-hydrogen) atoms. The fourth-order valence-electron chi connectivity index (χ4n) is 4.08. The highest BCUT2D eigenvalue weighted by Crippen LogP contribution is 2.60. The molecule has 0 heterocycles. The second-order valence-corrected chi connectivity index (χ2v) is 7.99.